The van der Waals surface area contributed by atoms with Gasteiger partial charge in [-0.05, 0) is 31.2 Å². The molecule has 1 saturated heterocycles. The summed E-state index contributed by atoms with van der Waals surface area (Å²) in [5.41, 5.74) is 5.65. The number of benzene rings is 3. The minimum absolute atomic E-state index is 0.626. The maximum atomic E-state index is 5.68. The molecular formula is C29H27N5O2. The summed E-state index contributed by atoms with van der Waals surface area (Å²) in [6, 6.07) is 28.6. The van der Waals surface area contributed by atoms with Gasteiger partial charge in [-0.2, -0.15) is 5.10 Å². The SMILES string of the molecule is CCOc1ccc(-n2nc3c(N4CCOCC4)nnc(-c4ccccc4)c3c2-c2ccccc2)cc1. The van der Waals surface area contributed by atoms with E-state index in [0.29, 0.717) is 19.8 Å². The summed E-state index contributed by atoms with van der Waals surface area (Å²) in [5.74, 6) is 1.62. The van der Waals surface area contributed by atoms with Gasteiger partial charge in [-0.1, -0.05) is 60.7 Å². The molecular weight excluding hydrogens is 450 g/mol. The molecule has 0 N–H and O–H groups in total. The van der Waals surface area contributed by atoms with Gasteiger partial charge in [-0.15, -0.1) is 10.2 Å². The standard InChI is InChI=1S/C29H27N5O2/c1-2-36-24-15-13-23(14-16-24)34-28(22-11-7-4-8-12-22)25-26(21-9-5-3-6-10-21)30-31-29(27(25)32-34)33-17-19-35-20-18-33/h3-16H,2,17-20H2,1H3. The first-order chi connectivity index (χ1) is 17.8. The molecule has 0 aliphatic carbocycles. The highest BCUT2D eigenvalue weighted by atomic mass is 16.5. The number of hydrogen-bond donors (Lipinski definition) is 0. The molecule has 3 aromatic carbocycles. The van der Waals surface area contributed by atoms with Crippen LogP contribution in [0.25, 0.3) is 39.1 Å². The number of nitrogens with zero attached hydrogens (tertiary/aromatic N) is 5. The van der Waals surface area contributed by atoms with E-state index in [0.717, 1.165) is 63.8 Å². The Labute approximate surface area is 209 Å². The van der Waals surface area contributed by atoms with Crippen molar-refractivity contribution in [3.63, 3.8) is 0 Å². The van der Waals surface area contributed by atoms with E-state index in [4.69, 9.17) is 24.8 Å². The highest BCUT2D eigenvalue weighted by Crippen LogP contribution is 2.39. The lowest BCUT2D eigenvalue weighted by Crippen LogP contribution is -2.37. The van der Waals surface area contributed by atoms with Crippen molar-refractivity contribution in [3.05, 3.63) is 84.9 Å². The molecule has 0 spiro atoms. The van der Waals surface area contributed by atoms with Gasteiger partial charge in [0, 0.05) is 24.2 Å². The Morgan fingerprint density at radius 3 is 2.14 bits per heavy atom. The van der Waals surface area contributed by atoms with E-state index in [1.807, 2.05) is 60.1 Å². The first-order valence-electron chi connectivity index (χ1n) is 12.3. The number of anilines is 1. The van der Waals surface area contributed by atoms with Gasteiger partial charge < -0.3 is 14.4 Å². The van der Waals surface area contributed by atoms with Gasteiger partial charge in [0.05, 0.1) is 36.6 Å². The first-order valence-corrected chi connectivity index (χ1v) is 12.3. The zero-order valence-corrected chi connectivity index (χ0v) is 20.2. The minimum atomic E-state index is 0.626. The molecule has 6 rings (SSSR count). The Morgan fingerprint density at radius 1 is 0.806 bits per heavy atom. The van der Waals surface area contributed by atoms with E-state index >= 15 is 0 Å². The Hall–Kier alpha value is -4.23. The van der Waals surface area contributed by atoms with Gasteiger partial charge >= 0.3 is 0 Å². The van der Waals surface area contributed by atoms with Crippen LogP contribution >= 0.6 is 0 Å². The fourth-order valence-corrected chi connectivity index (χ4v) is 4.68. The van der Waals surface area contributed by atoms with Crippen LogP contribution in [0, 0.1) is 0 Å². The van der Waals surface area contributed by atoms with Gasteiger partial charge in [-0.3, -0.25) is 0 Å². The van der Waals surface area contributed by atoms with E-state index in [1.165, 1.54) is 0 Å². The van der Waals surface area contributed by atoms with Crippen molar-refractivity contribution in [3.8, 4) is 34.0 Å². The number of ether oxygens (including phenoxy) is 2. The molecule has 7 nitrogen and oxygen atoms in total. The van der Waals surface area contributed by atoms with Crippen molar-refractivity contribution in [2.45, 2.75) is 6.92 Å². The van der Waals surface area contributed by atoms with E-state index < -0.39 is 0 Å². The topological polar surface area (TPSA) is 65.3 Å². The third-order valence-electron chi connectivity index (χ3n) is 6.38. The molecule has 5 aromatic rings. The number of fused-ring (bicyclic) bond motifs is 1. The van der Waals surface area contributed by atoms with Crippen molar-refractivity contribution in [1.82, 2.24) is 20.0 Å². The fourth-order valence-electron chi connectivity index (χ4n) is 4.68. The summed E-state index contributed by atoms with van der Waals surface area (Å²) in [7, 11) is 0. The predicted octanol–water partition coefficient (Wildman–Crippen LogP) is 5.38. The Kier molecular flexibility index (Phi) is 6.05. The lowest BCUT2D eigenvalue weighted by atomic mass is 10.0. The van der Waals surface area contributed by atoms with E-state index in [1.54, 1.807) is 0 Å². The van der Waals surface area contributed by atoms with Crippen molar-refractivity contribution in [2.24, 2.45) is 0 Å². The minimum Gasteiger partial charge on any atom is -0.494 e. The zero-order valence-electron chi connectivity index (χ0n) is 20.2. The van der Waals surface area contributed by atoms with Crippen molar-refractivity contribution in [1.29, 1.82) is 0 Å². The number of aromatic nitrogens is 4. The molecule has 1 aliphatic rings. The summed E-state index contributed by atoms with van der Waals surface area (Å²) in [4.78, 5) is 2.22. The molecule has 180 valence electrons. The lowest BCUT2D eigenvalue weighted by Gasteiger charge is -2.27. The summed E-state index contributed by atoms with van der Waals surface area (Å²) >= 11 is 0. The summed E-state index contributed by atoms with van der Waals surface area (Å²) in [6.07, 6.45) is 0. The molecule has 0 bridgehead atoms. The molecule has 0 saturated carbocycles. The van der Waals surface area contributed by atoms with Gasteiger partial charge in [0.2, 0.25) is 0 Å². The molecule has 0 atom stereocenters. The third kappa shape index (κ3) is 4.07. The van der Waals surface area contributed by atoms with E-state index in [2.05, 4.69) is 41.3 Å². The van der Waals surface area contributed by atoms with Crippen LogP contribution in [-0.4, -0.2) is 52.9 Å². The van der Waals surface area contributed by atoms with Crippen LogP contribution in [0.1, 0.15) is 6.92 Å². The maximum Gasteiger partial charge on any atom is 0.179 e. The molecule has 1 aliphatic heterocycles. The average molecular weight is 478 g/mol. The molecule has 1 fully saturated rings. The number of rotatable bonds is 6. The molecule has 2 aromatic heterocycles. The molecule has 0 unspecified atom stereocenters. The van der Waals surface area contributed by atoms with Crippen LogP contribution in [0.15, 0.2) is 84.9 Å². The smallest absolute Gasteiger partial charge is 0.179 e. The first kappa shape index (κ1) is 22.2. The van der Waals surface area contributed by atoms with Crippen LogP contribution in [0.4, 0.5) is 5.82 Å². The van der Waals surface area contributed by atoms with Gasteiger partial charge in [0.15, 0.2) is 5.82 Å². The molecule has 3 heterocycles. The zero-order chi connectivity index (χ0) is 24.3. The quantitative estimate of drug-likeness (QED) is 0.327. The number of morpholine rings is 1. The highest BCUT2D eigenvalue weighted by molar-refractivity contribution is 6.06. The van der Waals surface area contributed by atoms with Crippen molar-refractivity contribution < 1.29 is 9.47 Å². The van der Waals surface area contributed by atoms with Crippen LogP contribution < -0.4 is 9.64 Å². The van der Waals surface area contributed by atoms with Crippen LogP contribution in [0.3, 0.4) is 0 Å². The summed E-state index contributed by atoms with van der Waals surface area (Å²) in [6.45, 7) is 5.44. The van der Waals surface area contributed by atoms with Crippen LogP contribution in [-0.2, 0) is 4.74 Å². The summed E-state index contributed by atoms with van der Waals surface area (Å²) < 4.78 is 13.3. The van der Waals surface area contributed by atoms with Crippen LogP contribution in [0.2, 0.25) is 0 Å². The van der Waals surface area contributed by atoms with E-state index in [9.17, 15) is 0 Å². The van der Waals surface area contributed by atoms with Gasteiger partial charge in [0.25, 0.3) is 0 Å². The second-order valence-electron chi connectivity index (χ2n) is 8.61. The second-order valence-corrected chi connectivity index (χ2v) is 8.61. The highest BCUT2D eigenvalue weighted by Gasteiger charge is 2.26. The monoisotopic (exact) mass is 477 g/mol. The molecule has 0 radical (unpaired) electrons. The largest absolute Gasteiger partial charge is 0.494 e. The molecule has 0 amide bonds. The van der Waals surface area contributed by atoms with Gasteiger partial charge in [-0.25, -0.2) is 4.68 Å². The molecule has 36 heavy (non-hydrogen) atoms. The summed E-state index contributed by atoms with van der Waals surface area (Å²) in [5, 5.41) is 15.7. The average Bonchev–Trinajstić information content (AvgIpc) is 3.35. The lowest BCUT2D eigenvalue weighted by molar-refractivity contribution is 0.122. The van der Waals surface area contributed by atoms with Crippen LogP contribution in [0.5, 0.6) is 5.75 Å². The number of hydrogen-bond acceptors (Lipinski definition) is 6. The Morgan fingerprint density at radius 2 is 1.47 bits per heavy atom. The molecule has 7 heteroatoms. The van der Waals surface area contributed by atoms with Gasteiger partial charge in [0.1, 0.15) is 17.0 Å². The third-order valence-corrected chi connectivity index (χ3v) is 6.38. The van der Waals surface area contributed by atoms with E-state index in [-0.39, 0.29) is 0 Å². The maximum absolute atomic E-state index is 5.68. The predicted molar refractivity (Wildman–Crippen MR) is 142 cm³/mol. The van der Waals surface area contributed by atoms with Crippen molar-refractivity contribution >= 4 is 16.7 Å². The van der Waals surface area contributed by atoms with Crippen molar-refractivity contribution in [2.75, 3.05) is 37.8 Å². The normalized spacial score (nSPS) is 13.8. The second kappa shape index (κ2) is 9.79. The Balaban J connectivity index is 1.66. The fraction of sp³-hybridized carbons (Fsp3) is 0.207. The Bertz CT molecular complexity index is 1460.